The first-order valence-electron chi connectivity index (χ1n) is 6.01. The van der Waals surface area contributed by atoms with Crippen molar-refractivity contribution in [1.29, 1.82) is 0 Å². The first-order chi connectivity index (χ1) is 9.87. The summed E-state index contributed by atoms with van der Waals surface area (Å²) >= 11 is 8.20. The maximum atomic E-state index is 12.2. The minimum atomic E-state index is -3.52. The lowest BCUT2D eigenvalue weighted by Crippen LogP contribution is -2.16. The van der Waals surface area contributed by atoms with Crippen LogP contribution in [-0.2, 0) is 15.8 Å². The molecule has 110 valence electrons. The number of para-hydroxylation sites is 1. The third-order valence-corrected chi connectivity index (χ3v) is 4.88. The van der Waals surface area contributed by atoms with Gasteiger partial charge in [0.25, 0.3) is 0 Å². The van der Waals surface area contributed by atoms with Crippen molar-refractivity contribution in [2.24, 2.45) is 5.73 Å². The number of nitrogens with two attached hydrogens (primary N) is 1. The summed E-state index contributed by atoms with van der Waals surface area (Å²) in [5.41, 5.74) is 7.33. The lowest BCUT2D eigenvalue weighted by molar-refractivity contribution is 0.600. The maximum absolute atomic E-state index is 12.2. The molecule has 0 aromatic heterocycles. The third kappa shape index (κ3) is 4.52. The number of benzene rings is 2. The summed E-state index contributed by atoms with van der Waals surface area (Å²) in [6.07, 6.45) is 0. The third-order valence-electron chi connectivity index (χ3n) is 2.71. The molecule has 2 aromatic carbocycles. The molecule has 0 amide bonds. The summed E-state index contributed by atoms with van der Waals surface area (Å²) in [6, 6.07) is 13.9. The minimum absolute atomic E-state index is 0.148. The van der Waals surface area contributed by atoms with E-state index in [9.17, 15) is 8.42 Å². The van der Waals surface area contributed by atoms with Gasteiger partial charge in [-0.05, 0) is 39.7 Å². The molecule has 7 heteroatoms. The molecule has 0 fully saturated rings. The number of thiocarbonyl (C=S) groups is 1. The normalized spacial score (nSPS) is 11.1. The first kappa shape index (κ1) is 15.9. The van der Waals surface area contributed by atoms with E-state index in [0.717, 1.165) is 0 Å². The van der Waals surface area contributed by atoms with E-state index in [1.807, 2.05) is 6.07 Å². The molecule has 0 aliphatic carbocycles. The van der Waals surface area contributed by atoms with Gasteiger partial charge in [0.1, 0.15) is 4.99 Å². The highest BCUT2D eigenvalue weighted by molar-refractivity contribution is 9.10. The Labute approximate surface area is 137 Å². The van der Waals surface area contributed by atoms with E-state index >= 15 is 0 Å². The van der Waals surface area contributed by atoms with Crippen molar-refractivity contribution < 1.29 is 8.42 Å². The van der Waals surface area contributed by atoms with Crippen molar-refractivity contribution in [3.63, 3.8) is 0 Å². The topological polar surface area (TPSA) is 72.2 Å². The second kappa shape index (κ2) is 6.55. The van der Waals surface area contributed by atoms with Crippen LogP contribution in [0.15, 0.2) is 53.0 Å². The van der Waals surface area contributed by atoms with Gasteiger partial charge in [0.05, 0.1) is 11.4 Å². The lowest BCUT2D eigenvalue weighted by atomic mass is 10.1. The molecule has 0 heterocycles. The predicted octanol–water partition coefficient (Wildman–Crippen LogP) is 3.03. The quantitative estimate of drug-likeness (QED) is 0.777. The van der Waals surface area contributed by atoms with Crippen molar-refractivity contribution in [1.82, 2.24) is 0 Å². The number of halogens is 1. The van der Waals surface area contributed by atoms with E-state index in [2.05, 4.69) is 20.7 Å². The highest BCUT2D eigenvalue weighted by Gasteiger charge is 2.13. The molecule has 0 unspecified atom stereocenters. The molecular weight excluding hydrogens is 372 g/mol. The van der Waals surface area contributed by atoms with Crippen molar-refractivity contribution in [2.45, 2.75) is 5.75 Å². The molecule has 0 saturated carbocycles. The molecule has 0 radical (unpaired) electrons. The van der Waals surface area contributed by atoms with Gasteiger partial charge in [0.2, 0.25) is 10.0 Å². The summed E-state index contributed by atoms with van der Waals surface area (Å²) in [6.45, 7) is 0. The van der Waals surface area contributed by atoms with Gasteiger partial charge in [-0.3, -0.25) is 4.72 Å². The van der Waals surface area contributed by atoms with Gasteiger partial charge >= 0.3 is 0 Å². The summed E-state index contributed by atoms with van der Waals surface area (Å²) in [5.74, 6) is -0.148. The van der Waals surface area contributed by atoms with Gasteiger partial charge in [0.15, 0.2) is 0 Å². The van der Waals surface area contributed by atoms with Crippen molar-refractivity contribution in [2.75, 3.05) is 4.72 Å². The molecular formula is C14H13BrN2O2S2. The number of anilines is 1. The molecule has 0 atom stereocenters. The number of nitrogens with one attached hydrogen (secondary N) is 1. The van der Waals surface area contributed by atoms with E-state index in [1.165, 1.54) is 0 Å². The van der Waals surface area contributed by atoms with Gasteiger partial charge in [-0.15, -0.1) is 0 Å². The van der Waals surface area contributed by atoms with E-state index < -0.39 is 10.0 Å². The summed E-state index contributed by atoms with van der Waals surface area (Å²) in [4.78, 5) is 0.244. The van der Waals surface area contributed by atoms with Gasteiger partial charge in [-0.2, -0.15) is 0 Å². The summed E-state index contributed by atoms with van der Waals surface area (Å²) in [7, 11) is -3.52. The zero-order chi connectivity index (χ0) is 15.5. The van der Waals surface area contributed by atoms with Crippen LogP contribution in [0.1, 0.15) is 11.1 Å². The van der Waals surface area contributed by atoms with Crippen LogP contribution >= 0.6 is 28.1 Å². The first-order valence-corrected chi connectivity index (χ1v) is 8.86. The average Bonchev–Trinajstić information content (AvgIpc) is 2.41. The maximum Gasteiger partial charge on any atom is 0.236 e. The second-order valence-electron chi connectivity index (χ2n) is 4.41. The molecule has 2 rings (SSSR count). The number of hydrogen-bond donors (Lipinski definition) is 2. The Bertz CT molecular complexity index is 776. The largest absolute Gasteiger partial charge is 0.389 e. The Balaban J connectivity index is 2.20. The standard InChI is InChI=1S/C14H13BrN2O2S2/c15-12-6-1-2-7-13(12)17-21(18,19)9-10-4-3-5-11(8-10)14(16)20/h1-8,17H,9H2,(H2,16,20). The smallest absolute Gasteiger partial charge is 0.236 e. The average molecular weight is 385 g/mol. The van der Waals surface area contributed by atoms with Gasteiger partial charge in [0, 0.05) is 10.0 Å². The fourth-order valence-corrected chi connectivity index (χ4v) is 3.63. The number of rotatable bonds is 5. The molecule has 2 aromatic rings. The van der Waals surface area contributed by atoms with E-state index in [0.29, 0.717) is 21.3 Å². The monoisotopic (exact) mass is 384 g/mol. The highest BCUT2D eigenvalue weighted by Crippen LogP contribution is 2.23. The predicted molar refractivity (Wildman–Crippen MR) is 92.7 cm³/mol. The van der Waals surface area contributed by atoms with Crippen LogP contribution in [0.3, 0.4) is 0 Å². The van der Waals surface area contributed by atoms with Gasteiger partial charge < -0.3 is 5.73 Å². The van der Waals surface area contributed by atoms with E-state index in [4.69, 9.17) is 18.0 Å². The Hall–Kier alpha value is -1.44. The van der Waals surface area contributed by atoms with Crippen LogP contribution in [-0.4, -0.2) is 13.4 Å². The summed E-state index contributed by atoms with van der Waals surface area (Å²) in [5, 5.41) is 0. The molecule has 21 heavy (non-hydrogen) atoms. The van der Waals surface area contributed by atoms with E-state index in [1.54, 1.807) is 42.5 Å². The SMILES string of the molecule is NC(=S)c1cccc(CS(=O)(=O)Nc2ccccc2Br)c1. The van der Waals surface area contributed by atoms with Crippen molar-refractivity contribution in [3.05, 3.63) is 64.1 Å². The molecule has 4 nitrogen and oxygen atoms in total. The van der Waals surface area contributed by atoms with Gasteiger partial charge in [-0.1, -0.05) is 42.5 Å². The van der Waals surface area contributed by atoms with Crippen LogP contribution in [0.5, 0.6) is 0 Å². The van der Waals surface area contributed by atoms with Gasteiger partial charge in [-0.25, -0.2) is 8.42 Å². The van der Waals surface area contributed by atoms with Crippen LogP contribution in [0.25, 0.3) is 0 Å². The van der Waals surface area contributed by atoms with Crippen molar-refractivity contribution in [3.8, 4) is 0 Å². The fraction of sp³-hybridized carbons (Fsp3) is 0.0714. The zero-order valence-electron chi connectivity index (χ0n) is 10.9. The molecule has 3 N–H and O–H groups in total. The Morgan fingerprint density at radius 2 is 1.90 bits per heavy atom. The number of sulfonamides is 1. The van der Waals surface area contributed by atoms with Crippen LogP contribution < -0.4 is 10.5 Å². The van der Waals surface area contributed by atoms with Crippen LogP contribution in [0.4, 0.5) is 5.69 Å². The molecule has 0 spiro atoms. The molecule has 0 aliphatic heterocycles. The Morgan fingerprint density at radius 3 is 2.57 bits per heavy atom. The minimum Gasteiger partial charge on any atom is -0.389 e. The number of hydrogen-bond acceptors (Lipinski definition) is 3. The summed E-state index contributed by atoms with van der Waals surface area (Å²) < 4.78 is 27.6. The van der Waals surface area contributed by atoms with Crippen LogP contribution in [0.2, 0.25) is 0 Å². The molecule has 0 bridgehead atoms. The molecule has 0 saturated heterocycles. The Morgan fingerprint density at radius 1 is 1.19 bits per heavy atom. The molecule has 0 aliphatic rings. The van der Waals surface area contributed by atoms with Crippen molar-refractivity contribution >= 4 is 48.8 Å². The second-order valence-corrected chi connectivity index (χ2v) is 7.42. The highest BCUT2D eigenvalue weighted by atomic mass is 79.9. The Kier molecular flexibility index (Phi) is 4.97. The fourth-order valence-electron chi connectivity index (χ4n) is 1.78. The van der Waals surface area contributed by atoms with Crippen LogP contribution in [0, 0.1) is 0 Å². The zero-order valence-corrected chi connectivity index (χ0v) is 14.1. The van der Waals surface area contributed by atoms with E-state index in [-0.39, 0.29) is 10.7 Å². The lowest BCUT2D eigenvalue weighted by Gasteiger charge is -2.10.